The van der Waals surface area contributed by atoms with Gasteiger partial charge in [-0.3, -0.25) is 4.79 Å². The van der Waals surface area contributed by atoms with Gasteiger partial charge in [-0.05, 0) is 40.0 Å². The summed E-state index contributed by atoms with van der Waals surface area (Å²) < 4.78 is 5.08. The lowest BCUT2D eigenvalue weighted by Crippen LogP contribution is -2.52. The molecule has 2 heterocycles. The average Bonchev–Trinajstić information content (AvgIpc) is 2.68. The van der Waals surface area contributed by atoms with Crippen LogP contribution in [0.5, 0.6) is 0 Å². The summed E-state index contributed by atoms with van der Waals surface area (Å²) in [5.41, 5.74) is 7.05. The van der Waals surface area contributed by atoms with Crippen LogP contribution in [0.15, 0.2) is 4.52 Å². The predicted octanol–water partition coefficient (Wildman–Crippen LogP) is 1.63. The van der Waals surface area contributed by atoms with Crippen molar-refractivity contribution in [1.82, 2.24) is 10.1 Å². The lowest BCUT2D eigenvalue weighted by Gasteiger charge is -2.40. The minimum atomic E-state index is 0.00824. The highest BCUT2D eigenvalue weighted by molar-refractivity contribution is 5.96. The van der Waals surface area contributed by atoms with Crippen molar-refractivity contribution in [3.8, 4) is 0 Å². The van der Waals surface area contributed by atoms with E-state index < -0.39 is 0 Å². The van der Waals surface area contributed by atoms with Gasteiger partial charge in [0.05, 0.1) is 5.69 Å². The standard InChI is InChI=1S/C13H21N3O2/c1-8-5-4-6-11(7-14)16(8)13(17)12-9(2)15-18-10(12)3/h8,11H,4-7,14H2,1-3H3. The second kappa shape index (κ2) is 5.10. The Morgan fingerprint density at radius 2 is 2.22 bits per heavy atom. The molecule has 5 heteroatoms. The molecule has 18 heavy (non-hydrogen) atoms. The van der Waals surface area contributed by atoms with Gasteiger partial charge in [-0.25, -0.2) is 0 Å². The number of amides is 1. The van der Waals surface area contributed by atoms with Crippen molar-refractivity contribution in [2.24, 2.45) is 5.73 Å². The Morgan fingerprint density at radius 1 is 1.50 bits per heavy atom. The molecule has 100 valence electrons. The Kier molecular flexibility index (Phi) is 3.71. The molecule has 0 saturated carbocycles. The maximum absolute atomic E-state index is 12.7. The lowest BCUT2D eigenvalue weighted by molar-refractivity contribution is 0.0491. The highest BCUT2D eigenvalue weighted by Crippen LogP contribution is 2.26. The van der Waals surface area contributed by atoms with Crippen molar-refractivity contribution in [2.45, 2.75) is 52.1 Å². The number of rotatable bonds is 2. The summed E-state index contributed by atoms with van der Waals surface area (Å²) >= 11 is 0. The van der Waals surface area contributed by atoms with Crippen LogP contribution in [0.4, 0.5) is 0 Å². The van der Waals surface area contributed by atoms with Crippen molar-refractivity contribution in [3.63, 3.8) is 0 Å². The van der Waals surface area contributed by atoms with Gasteiger partial charge >= 0.3 is 0 Å². The molecule has 0 bridgehead atoms. The molecule has 1 saturated heterocycles. The second-order valence-corrected chi connectivity index (χ2v) is 5.08. The van der Waals surface area contributed by atoms with Crippen LogP contribution in [0.1, 0.15) is 48.0 Å². The number of carbonyl (C=O) groups excluding carboxylic acids is 1. The van der Waals surface area contributed by atoms with Crippen molar-refractivity contribution in [1.29, 1.82) is 0 Å². The molecule has 0 spiro atoms. The molecule has 1 aliphatic heterocycles. The Labute approximate surface area is 107 Å². The van der Waals surface area contributed by atoms with E-state index >= 15 is 0 Å². The molecule has 2 unspecified atom stereocenters. The first-order valence-electron chi connectivity index (χ1n) is 6.51. The van der Waals surface area contributed by atoms with Gasteiger partial charge in [-0.1, -0.05) is 5.16 Å². The summed E-state index contributed by atoms with van der Waals surface area (Å²) in [6.45, 7) is 6.17. The Morgan fingerprint density at radius 3 is 2.78 bits per heavy atom. The second-order valence-electron chi connectivity index (χ2n) is 5.08. The monoisotopic (exact) mass is 251 g/mol. The molecule has 1 aliphatic rings. The highest BCUT2D eigenvalue weighted by atomic mass is 16.5. The SMILES string of the molecule is Cc1noc(C)c1C(=O)N1C(C)CCCC1CN. The first-order chi connectivity index (χ1) is 8.56. The van der Waals surface area contributed by atoms with E-state index in [0.717, 1.165) is 19.3 Å². The van der Waals surface area contributed by atoms with Gasteiger partial charge < -0.3 is 15.2 Å². The maximum Gasteiger partial charge on any atom is 0.259 e. The molecule has 1 aromatic rings. The third-order valence-electron chi connectivity index (χ3n) is 3.78. The van der Waals surface area contributed by atoms with Crippen molar-refractivity contribution < 1.29 is 9.32 Å². The van der Waals surface area contributed by atoms with Gasteiger partial charge in [-0.15, -0.1) is 0 Å². The molecule has 1 aromatic heterocycles. The van der Waals surface area contributed by atoms with Crippen molar-refractivity contribution >= 4 is 5.91 Å². The number of aromatic nitrogens is 1. The van der Waals surface area contributed by atoms with Gasteiger partial charge in [0, 0.05) is 18.6 Å². The molecule has 2 atom stereocenters. The summed E-state index contributed by atoms with van der Waals surface area (Å²) in [6.07, 6.45) is 3.15. The normalized spacial score (nSPS) is 24.3. The third kappa shape index (κ3) is 2.14. The molecule has 2 rings (SSSR count). The van der Waals surface area contributed by atoms with Crippen LogP contribution in [-0.2, 0) is 0 Å². The number of piperidine rings is 1. The zero-order chi connectivity index (χ0) is 13.3. The number of carbonyl (C=O) groups is 1. The van der Waals surface area contributed by atoms with E-state index in [9.17, 15) is 4.79 Å². The van der Waals surface area contributed by atoms with E-state index in [-0.39, 0.29) is 18.0 Å². The van der Waals surface area contributed by atoms with Crippen molar-refractivity contribution in [2.75, 3.05) is 6.54 Å². The number of nitrogens with zero attached hydrogens (tertiary/aromatic N) is 2. The topological polar surface area (TPSA) is 72.4 Å². The summed E-state index contributed by atoms with van der Waals surface area (Å²) in [4.78, 5) is 14.6. The molecule has 0 aromatic carbocycles. The fourth-order valence-electron chi connectivity index (χ4n) is 2.80. The van der Waals surface area contributed by atoms with E-state index in [1.165, 1.54) is 0 Å². The van der Waals surface area contributed by atoms with Crippen molar-refractivity contribution in [3.05, 3.63) is 17.0 Å². The Hall–Kier alpha value is -1.36. The lowest BCUT2D eigenvalue weighted by atomic mass is 9.95. The van der Waals surface area contributed by atoms with Gasteiger partial charge in [-0.2, -0.15) is 0 Å². The van der Waals surface area contributed by atoms with Gasteiger partial charge in [0.15, 0.2) is 0 Å². The van der Waals surface area contributed by atoms with Gasteiger partial charge in [0.25, 0.3) is 5.91 Å². The number of hydrogen-bond donors (Lipinski definition) is 1. The highest BCUT2D eigenvalue weighted by Gasteiger charge is 2.34. The molecule has 1 fully saturated rings. The smallest absolute Gasteiger partial charge is 0.259 e. The summed E-state index contributed by atoms with van der Waals surface area (Å²) in [6, 6.07) is 0.364. The molecule has 0 aliphatic carbocycles. The minimum Gasteiger partial charge on any atom is -0.361 e. The summed E-state index contributed by atoms with van der Waals surface area (Å²) in [5.74, 6) is 0.597. The molecular weight excluding hydrogens is 230 g/mol. The molecule has 1 amide bonds. The first-order valence-corrected chi connectivity index (χ1v) is 6.51. The van der Waals surface area contributed by atoms with Gasteiger partial charge in [0.2, 0.25) is 0 Å². The average molecular weight is 251 g/mol. The van der Waals surface area contributed by atoms with Crippen LogP contribution in [0.3, 0.4) is 0 Å². The largest absolute Gasteiger partial charge is 0.361 e. The number of aryl methyl sites for hydroxylation is 2. The quantitative estimate of drug-likeness (QED) is 0.867. The minimum absolute atomic E-state index is 0.00824. The number of hydrogen-bond acceptors (Lipinski definition) is 4. The van der Waals surface area contributed by atoms with Crippen LogP contribution in [-0.4, -0.2) is 34.6 Å². The van der Waals surface area contributed by atoms with E-state index in [4.69, 9.17) is 10.3 Å². The molecular formula is C13H21N3O2. The van der Waals surface area contributed by atoms with Crippen LogP contribution in [0.25, 0.3) is 0 Å². The molecule has 5 nitrogen and oxygen atoms in total. The maximum atomic E-state index is 12.7. The Bertz CT molecular complexity index is 422. The summed E-state index contributed by atoms with van der Waals surface area (Å²) in [5, 5.41) is 3.85. The molecule has 0 radical (unpaired) electrons. The predicted molar refractivity (Wildman–Crippen MR) is 68.3 cm³/mol. The third-order valence-corrected chi connectivity index (χ3v) is 3.78. The number of likely N-dealkylation sites (tertiary alicyclic amines) is 1. The van der Waals surface area contributed by atoms with E-state index in [1.807, 2.05) is 4.90 Å². The first kappa shape index (κ1) is 13.1. The number of nitrogens with two attached hydrogens (primary N) is 1. The fraction of sp³-hybridized carbons (Fsp3) is 0.692. The van der Waals surface area contributed by atoms with E-state index in [1.54, 1.807) is 13.8 Å². The Balaban J connectivity index is 2.31. The molecule has 2 N–H and O–H groups in total. The van der Waals surface area contributed by atoms with Gasteiger partial charge in [0.1, 0.15) is 11.3 Å². The van der Waals surface area contributed by atoms with Crippen LogP contribution in [0, 0.1) is 13.8 Å². The zero-order valence-electron chi connectivity index (χ0n) is 11.3. The van der Waals surface area contributed by atoms with Crippen LogP contribution in [0.2, 0.25) is 0 Å². The fourth-order valence-corrected chi connectivity index (χ4v) is 2.80. The van der Waals surface area contributed by atoms with Crippen LogP contribution >= 0.6 is 0 Å². The van der Waals surface area contributed by atoms with Crippen LogP contribution < -0.4 is 5.73 Å². The van der Waals surface area contributed by atoms with E-state index in [2.05, 4.69) is 12.1 Å². The summed E-state index contributed by atoms with van der Waals surface area (Å²) in [7, 11) is 0. The van der Waals surface area contributed by atoms with E-state index in [0.29, 0.717) is 23.6 Å². The zero-order valence-corrected chi connectivity index (χ0v) is 11.3.